The zero-order valence-corrected chi connectivity index (χ0v) is 19.9. The minimum absolute atomic E-state index is 0.282. The highest BCUT2D eigenvalue weighted by Crippen LogP contribution is 2.28. The first-order valence-electron chi connectivity index (χ1n) is 12.2. The van der Waals surface area contributed by atoms with Crippen LogP contribution in [0.4, 0.5) is 17.2 Å². The summed E-state index contributed by atoms with van der Waals surface area (Å²) in [6, 6.07) is 11.9. The number of amides is 1. The molecule has 3 aromatic heterocycles. The van der Waals surface area contributed by atoms with Gasteiger partial charge < -0.3 is 25.2 Å². The molecule has 3 N–H and O–H groups in total. The third kappa shape index (κ3) is 4.60. The van der Waals surface area contributed by atoms with Crippen LogP contribution in [0.2, 0.25) is 0 Å². The number of nitrogens with one attached hydrogen (secondary N) is 3. The minimum Gasteiger partial charge on any atom is -0.378 e. The molecule has 2 aliphatic rings. The largest absolute Gasteiger partial charge is 0.378 e. The number of piperazine rings is 1. The Bertz CT molecular complexity index is 1360. The number of pyridine rings is 2. The van der Waals surface area contributed by atoms with Gasteiger partial charge in [-0.2, -0.15) is 5.10 Å². The average Bonchev–Trinajstić information content (AvgIpc) is 3.38. The Balaban J connectivity index is 1.22. The number of rotatable bonds is 5. The predicted molar refractivity (Wildman–Crippen MR) is 140 cm³/mol. The zero-order chi connectivity index (χ0) is 24.3. The van der Waals surface area contributed by atoms with Crippen molar-refractivity contribution in [2.45, 2.75) is 0 Å². The van der Waals surface area contributed by atoms with Crippen LogP contribution in [0.25, 0.3) is 22.0 Å². The Morgan fingerprint density at radius 1 is 0.917 bits per heavy atom. The lowest BCUT2D eigenvalue weighted by Gasteiger charge is -2.28. The highest BCUT2D eigenvalue weighted by molar-refractivity contribution is 6.11. The van der Waals surface area contributed by atoms with Gasteiger partial charge in [0.25, 0.3) is 5.91 Å². The van der Waals surface area contributed by atoms with Gasteiger partial charge >= 0.3 is 0 Å². The lowest BCUT2D eigenvalue weighted by molar-refractivity contribution is 0.102. The molecule has 0 unspecified atom stereocenters. The number of ether oxygens (including phenoxy) is 1. The number of anilines is 3. The Kier molecular flexibility index (Phi) is 6.18. The molecular formula is C26H28N8O2. The molecule has 0 bridgehead atoms. The van der Waals surface area contributed by atoms with E-state index in [4.69, 9.17) is 4.74 Å². The fourth-order valence-electron chi connectivity index (χ4n) is 4.68. The number of aromatic nitrogens is 4. The molecule has 0 spiro atoms. The molecule has 2 aliphatic heterocycles. The van der Waals surface area contributed by atoms with Crippen molar-refractivity contribution < 1.29 is 9.53 Å². The molecule has 0 atom stereocenters. The van der Waals surface area contributed by atoms with E-state index in [9.17, 15) is 4.79 Å². The fourth-order valence-corrected chi connectivity index (χ4v) is 4.68. The van der Waals surface area contributed by atoms with Gasteiger partial charge in [-0.1, -0.05) is 6.07 Å². The highest BCUT2D eigenvalue weighted by atomic mass is 16.5. The van der Waals surface area contributed by atoms with Crippen LogP contribution in [0.15, 0.2) is 55.0 Å². The number of aromatic amines is 1. The van der Waals surface area contributed by atoms with Crippen molar-refractivity contribution in [2.24, 2.45) is 0 Å². The van der Waals surface area contributed by atoms with E-state index in [1.54, 1.807) is 6.20 Å². The number of carbonyl (C=O) groups is 1. The van der Waals surface area contributed by atoms with E-state index in [0.29, 0.717) is 11.4 Å². The van der Waals surface area contributed by atoms with Crippen LogP contribution in [0, 0.1) is 0 Å². The lowest BCUT2D eigenvalue weighted by atomic mass is 10.0. The van der Waals surface area contributed by atoms with E-state index in [1.807, 2.05) is 42.7 Å². The number of hydrogen-bond donors (Lipinski definition) is 3. The molecule has 10 nitrogen and oxygen atoms in total. The summed E-state index contributed by atoms with van der Waals surface area (Å²) in [5, 5.41) is 14.3. The molecule has 2 fully saturated rings. The molecule has 184 valence electrons. The Morgan fingerprint density at radius 3 is 2.58 bits per heavy atom. The normalized spacial score (nSPS) is 16.3. The molecule has 4 aromatic rings. The zero-order valence-electron chi connectivity index (χ0n) is 19.9. The van der Waals surface area contributed by atoms with E-state index in [1.165, 1.54) is 0 Å². The average molecular weight is 485 g/mol. The van der Waals surface area contributed by atoms with Gasteiger partial charge in [-0.3, -0.25) is 14.9 Å². The number of H-pyrrole nitrogens is 1. The van der Waals surface area contributed by atoms with E-state index in [2.05, 4.69) is 46.7 Å². The van der Waals surface area contributed by atoms with Crippen LogP contribution < -0.4 is 20.4 Å². The van der Waals surface area contributed by atoms with Crippen LogP contribution in [-0.4, -0.2) is 78.6 Å². The number of nitrogens with zero attached hydrogens (tertiary/aromatic N) is 5. The summed E-state index contributed by atoms with van der Waals surface area (Å²) < 4.78 is 5.47. The van der Waals surface area contributed by atoms with E-state index in [-0.39, 0.29) is 5.91 Å². The number of morpholine rings is 1. The predicted octanol–water partition coefficient (Wildman–Crippen LogP) is 2.52. The smallest absolute Gasteiger partial charge is 0.276 e. The Labute approximate surface area is 208 Å². The molecule has 5 heterocycles. The molecule has 0 aliphatic carbocycles. The van der Waals surface area contributed by atoms with Gasteiger partial charge in [0.15, 0.2) is 5.69 Å². The van der Waals surface area contributed by atoms with Crippen LogP contribution >= 0.6 is 0 Å². The molecule has 10 heteroatoms. The van der Waals surface area contributed by atoms with Gasteiger partial charge in [0, 0.05) is 56.4 Å². The van der Waals surface area contributed by atoms with Crippen molar-refractivity contribution >= 4 is 34.0 Å². The summed E-state index contributed by atoms with van der Waals surface area (Å²) in [6.45, 7) is 6.87. The summed E-state index contributed by atoms with van der Waals surface area (Å²) in [5.74, 6) is 0.632. The van der Waals surface area contributed by atoms with Crippen molar-refractivity contribution in [1.29, 1.82) is 0 Å². The molecule has 0 radical (unpaired) electrons. The third-order valence-corrected chi connectivity index (χ3v) is 6.66. The monoisotopic (exact) mass is 484 g/mol. The van der Waals surface area contributed by atoms with E-state index in [0.717, 1.165) is 86.0 Å². The first kappa shape index (κ1) is 22.4. The van der Waals surface area contributed by atoms with Crippen molar-refractivity contribution in [2.75, 3.05) is 67.6 Å². The molecule has 1 amide bonds. The van der Waals surface area contributed by atoms with E-state index >= 15 is 0 Å². The first-order valence-corrected chi connectivity index (χ1v) is 12.2. The fraction of sp³-hybridized carbons (Fsp3) is 0.308. The van der Waals surface area contributed by atoms with Gasteiger partial charge in [-0.25, -0.2) is 4.98 Å². The maximum Gasteiger partial charge on any atom is 0.276 e. The van der Waals surface area contributed by atoms with Gasteiger partial charge in [0.05, 0.1) is 42.5 Å². The molecule has 0 saturated carbocycles. The van der Waals surface area contributed by atoms with Gasteiger partial charge in [0.1, 0.15) is 5.82 Å². The van der Waals surface area contributed by atoms with Crippen LogP contribution in [-0.2, 0) is 4.74 Å². The second-order valence-electron chi connectivity index (χ2n) is 8.96. The van der Waals surface area contributed by atoms with Crippen LogP contribution in [0.3, 0.4) is 0 Å². The third-order valence-electron chi connectivity index (χ3n) is 6.66. The van der Waals surface area contributed by atoms with Crippen molar-refractivity contribution in [3.8, 4) is 11.1 Å². The van der Waals surface area contributed by atoms with Crippen molar-refractivity contribution in [3.05, 3.63) is 60.7 Å². The molecule has 2 saturated heterocycles. The second-order valence-corrected chi connectivity index (χ2v) is 8.96. The van der Waals surface area contributed by atoms with Gasteiger partial charge in [-0.05, 0) is 35.9 Å². The summed E-state index contributed by atoms with van der Waals surface area (Å²) in [7, 11) is 0. The van der Waals surface area contributed by atoms with Crippen molar-refractivity contribution in [1.82, 2.24) is 25.5 Å². The Morgan fingerprint density at radius 2 is 1.78 bits per heavy atom. The van der Waals surface area contributed by atoms with E-state index < -0.39 is 0 Å². The Hall–Kier alpha value is -4.02. The van der Waals surface area contributed by atoms with Crippen LogP contribution in [0.5, 0.6) is 0 Å². The first-order chi connectivity index (χ1) is 17.7. The number of fused-ring (bicyclic) bond motifs is 1. The SMILES string of the molecule is O=C(Nc1ccc(N2CCNCC2)nc1)c1n[nH]c2ccc(-c3cncc(N4CCOCC4)c3)cc12. The summed E-state index contributed by atoms with van der Waals surface area (Å²) >= 11 is 0. The molecule has 1 aromatic carbocycles. The molecule has 36 heavy (non-hydrogen) atoms. The highest BCUT2D eigenvalue weighted by Gasteiger charge is 2.17. The van der Waals surface area contributed by atoms with Gasteiger partial charge in [0.2, 0.25) is 0 Å². The second kappa shape index (κ2) is 9.92. The number of carbonyl (C=O) groups excluding carboxylic acids is 1. The quantitative estimate of drug-likeness (QED) is 0.396. The number of benzene rings is 1. The summed E-state index contributed by atoms with van der Waals surface area (Å²) in [6.07, 6.45) is 5.42. The summed E-state index contributed by atoms with van der Waals surface area (Å²) in [4.78, 5) is 26.6. The molecule has 6 rings (SSSR count). The number of hydrogen-bond acceptors (Lipinski definition) is 8. The van der Waals surface area contributed by atoms with Gasteiger partial charge in [-0.15, -0.1) is 0 Å². The standard InChI is InChI=1S/C26H28N8O2/c35-26(30-20-2-4-24(29-16-20)34-7-5-27-6-8-34)25-22-14-18(1-3-23(22)31-32-25)19-13-21(17-28-15-19)33-9-11-36-12-10-33/h1-4,13-17,27H,5-12H2,(H,30,35)(H,31,32). The topological polar surface area (TPSA) is 111 Å². The lowest BCUT2D eigenvalue weighted by Crippen LogP contribution is -2.43. The maximum atomic E-state index is 13.1. The minimum atomic E-state index is -0.282. The van der Waals surface area contributed by atoms with Crippen LogP contribution in [0.1, 0.15) is 10.5 Å². The maximum absolute atomic E-state index is 13.1. The summed E-state index contributed by atoms with van der Waals surface area (Å²) in [5.41, 5.74) is 4.80. The van der Waals surface area contributed by atoms with Crippen molar-refractivity contribution in [3.63, 3.8) is 0 Å². The molecular weight excluding hydrogens is 456 g/mol.